The van der Waals surface area contributed by atoms with Crippen LogP contribution in [0.15, 0.2) is 42.5 Å². The van der Waals surface area contributed by atoms with Gasteiger partial charge >= 0.3 is 0 Å². The zero-order valence-corrected chi connectivity index (χ0v) is 19.4. The van der Waals surface area contributed by atoms with Crippen LogP contribution in [0.25, 0.3) is 17.0 Å². The van der Waals surface area contributed by atoms with E-state index in [9.17, 15) is 30.7 Å². The van der Waals surface area contributed by atoms with Gasteiger partial charge in [0.2, 0.25) is 0 Å². The van der Waals surface area contributed by atoms with Crippen molar-refractivity contribution in [2.45, 2.75) is 51.4 Å². The molecule has 0 atom stereocenters. The standard InChI is InChI=1S/C27H23F7N2/c1-14(28)25(33)18-10-20(29)24(21(30)11-18)19-12-35-27(36-13-19)17-6-4-15(5-7-17)2-3-16-8-22(31)26(34)23(32)9-16/h8-13,15,17H,2-7H2,1H3/b25-14+. The van der Waals surface area contributed by atoms with Gasteiger partial charge in [-0.2, -0.15) is 0 Å². The summed E-state index contributed by atoms with van der Waals surface area (Å²) in [7, 11) is 0. The molecule has 2 aromatic carbocycles. The van der Waals surface area contributed by atoms with Gasteiger partial charge in [-0.1, -0.05) is 0 Å². The van der Waals surface area contributed by atoms with Gasteiger partial charge in [0.1, 0.15) is 23.3 Å². The molecule has 1 saturated carbocycles. The van der Waals surface area contributed by atoms with E-state index in [1.54, 1.807) is 0 Å². The molecule has 0 unspecified atom stereocenters. The van der Waals surface area contributed by atoms with Gasteiger partial charge in [-0.25, -0.2) is 40.7 Å². The Morgan fingerprint density at radius 1 is 0.806 bits per heavy atom. The number of allylic oxidation sites excluding steroid dienone is 1. The zero-order chi connectivity index (χ0) is 26.0. The number of halogens is 7. The van der Waals surface area contributed by atoms with Gasteiger partial charge < -0.3 is 0 Å². The molecule has 9 heteroatoms. The van der Waals surface area contributed by atoms with Gasteiger partial charge in [0, 0.05) is 29.4 Å². The van der Waals surface area contributed by atoms with Crippen LogP contribution in [-0.4, -0.2) is 9.97 Å². The Morgan fingerprint density at radius 3 is 1.89 bits per heavy atom. The molecule has 2 nitrogen and oxygen atoms in total. The largest absolute Gasteiger partial charge is 0.240 e. The van der Waals surface area contributed by atoms with Crippen LogP contribution in [0, 0.1) is 35.0 Å². The number of aromatic nitrogens is 2. The minimum atomic E-state index is -1.47. The Kier molecular flexibility index (Phi) is 7.76. The van der Waals surface area contributed by atoms with E-state index in [1.165, 1.54) is 12.4 Å². The second-order valence-corrected chi connectivity index (χ2v) is 9.12. The first-order valence-electron chi connectivity index (χ1n) is 11.6. The molecule has 190 valence electrons. The Bertz CT molecular complexity index is 1230. The van der Waals surface area contributed by atoms with E-state index in [1.807, 2.05) is 0 Å². The summed E-state index contributed by atoms with van der Waals surface area (Å²) in [6.45, 7) is 0.854. The third kappa shape index (κ3) is 5.60. The molecule has 1 heterocycles. The lowest BCUT2D eigenvalue weighted by Gasteiger charge is -2.27. The SMILES string of the molecule is C/C(F)=C(\F)c1cc(F)c(-c2cnc(C3CCC(CCc4cc(F)c(F)c(F)c4)CC3)nc2)c(F)c1. The summed E-state index contributed by atoms with van der Waals surface area (Å²) in [4.78, 5) is 8.57. The normalized spacial score (nSPS) is 18.8. The lowest BCUT2D eigenvalue weighted by atomic mass is 9.79. The molecule has 0 bridgehead atoms. The van der Waals surface area contributed by atoms with E-state index < -0.39 is 51.9 Å². The van der Waals surface area contributed by atoms with Crippen LogP contribution in [0.3, 0.4) is 0 Å². The number of aryl methyl sites for hydroxylation is 1. The average molecular weight is 508 g/mol. The molecule has 0 radical (unpaired) electrons. The van der Waals surface area contributed by atoms with E-state index in [0.29, 0.717) is 30.1 Å². The van der Waals surface area contributed by atoms with Gasteiger partial charge in [-0.05, 0) is 81.2 Å². The fraction of sp³-hybridized carbons (Fsp3) is 0.333. The van der Waals surface area contributed by atoms with Gasteiger partial charge in [0.15, 0.2) is 23.3 Å². The fourth-order valence-corrected chi connectivity index (χ4v) is 4.68. The van der Waals surface area contributed by atoms with Crippen molar-refractivity contribution < 1.29 is 30.7 Å². The molecule has 0 aliphatic heterocycles. The molecule has 0 N–H and O–H groups in total. The smallest absolute Gasteiger partial charge is 0.194 e. The molecule has 3 aromatic rings. The minimum Gasteiger partial charge on any atom is -0.240 e. The van der Waals surface area contributed by atoms with Crippen LogP contribution in [0.5, 0.6) is 0 Å². The summed E-state index contributed by atoms with van der Waals surface area (Å²) >= 11 is 0. The Morgan fingerprint density at radius 2 is 1.36 bits per heavy atom. The third-order valence-corrected chi connectivity index (χ3v) is 6.66. The molecule has 1 aliphatic carbocycles. The van der Waals surface area contributed by atoms with Gasteiger partial charge in [-0.15, -0.1) is 0 Å². The number of rotatable bonds is 6. The summed E-state index contributed by atoms with van der Waals surface area (Å²) in [5.74, 6) is -7.54. The lowest BCUT2D eigenvalue weighted by Crippen LogP contribution is -2.16. The molecule has 1 aliphatic rings. The van der Waals surface area contributed by atoms with Crippen LogP contribution in [-0.2, 0) is 6.42 Å². The maximum Gasteiger partial charge on any atom is 0.194 e. The van der Waals surface area contributed by atoms with E-state index in [-0.39, 0.29) is 11.5 Å². The second kappa shape index (κ2) is 10.8. The summed E-state index contributed by atoms with van der Waals surface area (Å²) < 4.78 is 95.7. The van der Waals surface area contributed by atoms with Crippen LogP contribution < -0.4 is 0 Å². The molecule has 4 rings (SSSR count). The predicted molar refractivity (Wildman–Crippen MR) is 122 cm³/mol. The van der Waals surface area contributed by atoms with Gasteiger partial charge in [0.25, 0.3) is 0 Å². The number of nitrogens with zero attached hydrogens (tertiary/aromatic N) is 2. The summed E-state index contributed by atoms with van der Waals surface area (Å²) in [6.07, 6.45) is 7.01. The Balaban J connectivity index is 1.38. The van der Waals surface area contributed by atoms with E-state index in [4.69, 9.17) is 0 Å². The maximum absolute atomic E-state index is 14.5. The van der Waals surface area contributed by atoms with Crippen LogP contribution in [0.4, 0.5) is 30.7 Å². The first-order chi connectivity index (χ1) is 17.1. The van der Waals surface area contributed by atoms with E-state index in [0.717, 1.165) is 56.9 Å². The Hall–Kier alpha value is -3.23. The molecule has 1 aromatic heterocycles. The van der Waals surface area contributed by atoms with Crippen molar-refractivity contribution in [2.24, 2.45) is 5.92 Å². The monoisotopic (exact) mass is 508 g/mol. The zero-order valence-electron chi connectivity index (χ0n) is 19.4. The summed E-state index contributed by atoms with van der Waals surface area (Å²) in [6, 6.07) is 3.49. The topological polar surface area (TPSA) is 25.8 Å². The maximum atomic E-state index is 14.5. The van der Waals surface area contributed by atoms with Crippen molar-refractivity contribution in [2.75, 3.05) is 0 Å². The molecular formula is C27H23F7N2. The van der Waals surface area contributed by atoms with Crippen molar-refractivity contribution >= 4 is 5.83 Å². The highest BCUT2D eigenvalue weighted by Crippen LogP contribution is 2.37. The van der Waals surface area contributed by atoms with Crippen LogP contribution >= 0.6 is 0 Å². The van der Waals surface area contributed by atoms with Gasteiger partial charge in [0.05, 0.1) is 5.56 Å². The third-order valence-electron chi connectivity index (χ3n) is 6.66. The highest BCUT2D eigenvalue weighted by molar-refractivity contribution is 5.68. The van der Waals surface area contributed by atoms with Crippen molar-refractivity contribution in [3.05, 3.63) is 88.5 Å². The van der Waals surface area contributed by atoms with Crippen molar-refractivity contribution in [1.82, 2.24) is 9.97 Å². The fourth-order valence-electron chi connectivity index (χ4n) is 4.68. The lowest BCUT2D eigenvalue weighted by molar-refractivity contribution is 0.304. The number of benzene rings is 2. The van der Waals surface area contributed by atoms with Gasteiger partial charge in [-0.3, -0.25) is 0 Å². The molecule has 1 fully saturated rings. The highest BCUT2D eigenvalue weighted by atomic mass is 19.2. The summed E-state index contributed by atoms with van der Waals surface area (Å²) in [5.41, 5.74) is -0.461. The molecule has 0 spiro atoms. The quantitative estimate of drug-likeness (QED) is 0.247. The van der Waals surface area contributed by atoms with Crippen LogP contribution in [0.2, 0.25) is 0 Å². The Labute approximate surface area is 203 Å². The minimum absolute atomic E-state index is 0.0554. The van der Waals surface area contributed by atoms with E-state index >= 15 is 0 Å². The van der Waals surface area contributed by atoms with E-state index in [2.05, 4.69) is 9.97 Å². The average Bonchev–Trinajstić information content (AvgIpc) is 2.85. The van der Waals surface area contributed by atoms with Crippen LogP contribution in [0.1, 0.15) is 61.9 Å². The molecule has 0 saturated heterocycles. The number of hydrogen-bond acceptors (Lipinski definition) is 2. The van der Waals surface area contributed by atoms with Crippen molar-refractivity contribution in [1.29, 1.82) is 0 Å². The molecule has 36 heavy (non-hydrogen) atoms. The molecular weight excluding hydrogens is 485 g/mol. The predicted octanol–water partition coefficient (Wildman–Crippen LogP) is 8.37. The number of hydrogen-bond donors (Lipinski definition) is 0. The molecule has 0 amide bonds. The first-order valence-corrected chi connectivity index (χ1v) is 11.6. The summed E-state index contributed by atoms with van der Waals surface area (Å²) in [5, 5.41) is 0. The first kappa shape index (κ1) is 25.9. The van der Waals surface area contributed by atoms with Crippen molar-refractivity contribution in [3.63, 3.8) is 0 Å². The van der Waals surface area contributed by atoms with Crippen molar-refractivity contribution in [3.8, 4) is 11.1 Å². The second-order valence-electron chi connectivity index (χ2n) is 9.12. The highest BCUT2D eigenvalue weighted by Gasteiger charge is 2.25.